The van der Waals surface area contributed by atoms with Crippen LogP contribution in [0.15, 0.2) is 12.3 Å². The number of ether oxygens (including phenoxy) is 1. The van der Waals surface area contributed by atoms with Crippen LogP contribution < -0.4 is 16.0 Å². The Kier molecular flexibility index (Phi) is 3.84. The van der Waals surface area contributed by atoms with E-state index in [9.17, 15) is 22.4 Å². The first kappa shape index (κ1) is 13.2. The molecular formula is C8H7F4N3O2. The van der Waals surface area contributed by atoms with Crippen molar-refractivity contribution in [2.75, 3.05) is 6.61 Å². The fourth-order valence-electron chi connectivity index (χ4n) is 0.928. The summed E-state index contributed by atoms with van der Waals surface area (Å²) >= 11 is 0. The fraction of sp³-hybridized carbons (Fsp3) is 0.250. The van der Waals surface area contributed by atoms with Crippen LogP contribution in [0.25, 0.3) is 0 Å². The van der Waals surface area contributed by atoms with Crippen molar-refractivity contribution >= 4 is 5.91 Å². The van der Waals surface area contributed by atoms with Crippen LogP contribution in [0, 0.1) is 5.82 Å². The molecule has 0 aliphatic carbocycles. The number of rotatable bonds is 3. The van der Waals surface area contributed by atoms with E-state index in [0.29, 0.717) is 0 Å². The van der Waals surface area contributed by atoms with Gasteiger partial charge in [0, 0.05) is 6.20 Å². The summed E-state index contributed by atoms with van der Waals surface area (Å²) in [5.41, 5.74) is 1.08. The summed E-state index contributed by atoms with van der Waals surface area (Å²) in [6.07, 6.45) is -3.69. The molecule has 0 fully saturated rings. The van der Waals surface area contributed by atoms with E-state index in [2.05, 4.69) is 9.72 Å². The second kappa shape index (κ2) is 4.95. The lowest BCUT2D eigenvalue weighted by Crippen LogP contribution is -2.31. The molecule has 0 atom stereocenters. The molecule has 0 bridgehead atoms. The van der Waals surface area contributed by atoms with E-state index >= 15 is 0 Å². The van der Waals surface area contributed by atoms with E-state index in [0.717, 1.165) is 12.3 Å². The quantitative estimate of drug-likeness (QED) is 0.361. The molecule has 0 saturated heterocycles. The Morgan fingerprint density at radius 1 is 1.53 bits per heavy atom. The highest BCUT2D eigenvalue weighted by Crippen LogP contribution is 2.21. The van der Waals surface area contributed by atoms with Gasteiger partial charge in [-0.1, -0.05) is 0 Å². The van der Waals surface area contributed by atoms with Crippen molar-refractivity contribution in [2.24, 2.45) is 5.84 Å². The third-order valence-electron chi connectivity index (χ3n) is 1.61. The van der Waals surface area contributed by atoms with E-state index < -0.39 is 36.0 Å². The Balaban J connectivity index is 2.91. The molecule has 1 aromatic heterocycles. The third-order valence-corrected chi connectivity index (χ3v) is 1.61. The Labute approximate surface area is 92.5 Å². The average molecular weight is 253 g/mol. The topological polar surface area (TPSA) is 77.2 Å². The number of hydrazine groups is 1. The fourth-order valence-corrected chi connectivity index (χ4v) is 0.928. The standard InChI is InChI=1S/C8H7F4N3O2/c9-5-4(6(16)15-13)1-2-14-7(5)17-3-8(10,11)12/h1-2H,3,13H2,(H,15,16). The lowest BCUT2D eigenvalue weighted by molar-refractivity contribution is -0.154. The number of alkyl halides is 3. The first-order valence-corrected chi connectivity index (χ1v) is 4.20. The number of nitrogens with one attached hydrogen (secondary N) is 1. The van der Waals surface area contributed by atoms with Crippen LogP contribution in [0.1, 0.15) is 10.4 Å². The zero-order chi connectivity index (χ0) is 13.1. The van der Waals surface area contributed by atoms with Gasteiger partial charge in [-0.15, -0.1) is 0 Å². The molecule has 9 heteroatoms. The van der Waals surface area contributed by atoms with Crippen LogP contribution in [0.3, 0.4) is 0 Å². The highest BCUT2D eigenvalue weighted by atomic mass is 19.4. The van der Waals surface area contributed by atoms with Gasteiger partial charge in [-0.3, -0.25) is 10.2 Å². The summed E-state index contributed by atoms with van der Waals surface area (Å²) in [7, 11) is 0. The zero-order valence-corrected chi connectivity index (χ0v) is 8.21. The van der Waals surface area contributed by atoms with Gasteiger partial charge < -0.3 is 4.74 Å². The number of nitrogen functional groups attached to an aromatic ring is 1. The highest BCUT2D eigenvalue weighted by Gasteiger charge is 2.29. The summed E-state index contributed by atoms with van der Waals surface area (Å²) < 4.78 is 53.0. The summed E-state index contributed by atoms with van der Waals surface area (Å²) in [6.45, 7) is -1.70. The van der Waals surface area contributed by atoms with Crippen molar-refractivity contribution in [3.05, 3.63) is 23.6 Å². The summed E-state index contributed by atoms with van der Waals surface area (Å²) in [5, 5.41) is 0. The second-order valence-corrected chi connectivity index (χ2v) is 2.85. The number of aromatic nitrogens is 1. The molecule has 1 amide bonds. The average Bonchev–Trinajstić information content (AvgIpc) is 2.25. The number of carbonyl (C=O) groups excluding carboxylic acids is 1. The van der Waals surface area contributed by atoms with Crippen LogP contribution in [0.2, 0.25) is 0 Å². The summed E-state index contributed by atoms with van der Waals surface area (Å²) in [4.78, 5) is 14.2. The first-order valence-electron chi connectivity index (χ1n) is 4.20. The van der Waals surface area contributed by atoms with Crippen molar-refractivity contribution in [1.82, 2.24) is 10.4 Å². The molecule has 17 heavy (non-hydrogen) atoms. The number of pyridine rings is 1. The van der Waals surface area contributed by atoms with Gasteiger partial charge in [0.05, 0.1) is 5.56 Å². The molecule has 0 aliphatic rings. The zero-order valence-electron chi connectivity index (χ0n) is 8.21. The molecule has 1 rings (SSSR count). The van der Waals surface area contributed by atoms with Gasteiger partial charge in [-0.05, 0) is 6.07 Å². The molecule has 5 nitrogen and oxygen atoms in total. The Bertz CT molecular complexity index is 422. The van der Waals surface area contributed by atoms with Crippen LogP contribution in [-0.2, 0) is 0 Å². The number of carbonyl (C=O) groups is 1. The van der Waals surface area contributed by atoms with E-state index in [1.807, 2.05) is 0 Å². The number of nitrogens with two attached hydrogens (primary N) is 1. The number of hydrogen-bond donors (Lipinski definition) is 2. The van der Waals surface area contributed by atoms with E-state index in [1.54, 1.807) is 5.43 Å². The number of halogens is 4. The van der Waals surface area contributed by atoms with Crippen LogP contribution in [0.4, 0.5) is 17.6 Å². The van der Waals surface area contributed by atoms with Gasteiger partial charge in [0.1, 0.15) is 0 Å². The van der Waals surface area contributed by atoms with Crippen molar-refractivity contribution in [1.29, 1.82) is 0 Å². The molecule has 0 saturated carbocycles. The minimum Gasteiger partial charge on any atom is -0.466 e. The smallest absolute Gasteiger partial charge is 0.422 e. The maximum atomic E-state index is 13.4. The van der Waals surface area contributed by atoms with Crippen molar-refractivity contribution in [3.63, 3.8) is 0 Å². The molecule has 1 heterocycles. The minimum absolute atomic E-state index is 0.556. The molecule has 94 valence electrons. The van der Waals surface area contributed by atoms with Gasteiger partial charge in [0.15, 0.2) is 12.4 Å². The maximum Gasteiger partial charge on any atom is 0.422 e. The number of nitrogens with zero attached hydrogens (tertiary/aromatic N) is 1. The molecule has 0 spiro atoms. The Morgan fingerprint density at radius 2 is 2.18 bits per heavy atom. The van der Waals surface area contributed by atoms with E-state index in [-0.39, 0.29) is 0 Å². The Hall–Kier alpha value is -1.90. The van der Waals surface area contributed by atoms with Crippen LogP contribution in [0.5, 0.6) is 5.88 Å². The number of amides is 1. The molecule has 0 radical (unpaired) electrons. The van der Waals surface area contributed by atoms with Crippen molar-refractivity contribution in [3.8, 4) is 5.88 Å². The molecule has 0 aromatic carbocycles. The van der Waals surface area contributed by atoms with E-state index in [1.165, 1.54) is 0 Å². The normalized spacial score (nSPS) is 11.1. The number of hydrogen-bond acceptors (Lipinski definition) is 4. The predicted molar refractivity (Wildman–Crippen MR) is 47.4 cm³/mol. The third kappa shape index (κ3) is 3.55. The van der Waals surface area contributed by atoms with Gasteiger partial charge in [0.2, 0.25) is 0 Å². The summed E-state index contributed by atoms with van der Waals surface area (Å²) in [6, 6.07) is 0.956. The lowest BCUT2D eigenvalue weighted by atomic mass is 10.2. The Morgan fingerprint density at radius 3 is 2.71 bits per heavy atom. The molecule has 0 aliphatic heterocycles. The lowest BCUT2D eigenvalue weighted by Gasteiger charge is -2.10. The minimum atomic E-state index is -4.62. The van der Waals surface area contributed by atoms with Crippen LogP contribution in [-0.4, -0.2) is 23.7 Å². The second-order valence-electron chi connectivity index (χ2n) is 2.85. The SMILES string of the molecule is NNC(=O)c1ccnc(OCC(F)(F)F)c1F. The molecule has 1 aromatic rings. The van der Waals surface area contributed by atoms with E-state index in [4.69, 9.17) is 5.84 Å². The predicted octanol–water partition coefficient (Wildman–Crippen LogP) is 0.765. The molecular weight excluding hydrogens is 246 g/mol. The first-order chi connectivity index (χ1) is 7.85. The van der Waals surface area contributed by atoms with Crippen molar-refractivity contribution in [2.45, 2.75) is 6.18 Å². The van der Waals surface area contributed by atoms with Gasteiger partial charge in [-0.2, -0.15) is 13.2 Å². The van der Waals surface area contributed by atoms with Crippen LogP contribution >= 0.6 is 0 Å². The van der Waals surface area contributed by atoms with Gasteiger partial charge in [0.25, 0.3) is 11.8 Å². The molecule has 3 N–H and O–H groups in total. The largest absolute Gasteiger partial charge is 0.466 e. The van der Waals surface area contributed by atoms with Crippen molar-refractivity contribution < 1.29 is 27.1 Å². The maximum absolute atomic E-state index is 13.4. The monoisotopic (exact) mass is 253 g/mol. The van der Waals surface area contributed by atoms with Gasteiger partial charge >= 0.3 is 6.18 Å². The highest BCUT2D eigenvalue weighted by molar-refractivity contribution is 5.94. The van der Waals surface area contributed by atoms with Gasteiger partial charge in [-0.25, -0.2) is 15.2 Å². The summed E-state index contributed by atoms with van der Waals surface area (Å²) in [5.74, 6) is 1.54. The molecule has 0 unspecified atom stereocenters.